The number of amides is 1. The number of fused-ring (bicyclic) bond motifs is 1. The third-order valence-electron chi connectivity index (χ3n) is 4.60. The summed E-state index contributed by atoms with van der Waals surface area (Å²) < 4.78 is 30.5. The van der Waals surface area contributed by atoms with Crippen molar-refractivity contribution in [2.75, 3.05) is 19.8 Å². The minimum absolute atomic E-state index is 0.241. The van der Waals surface area contributed by atoms with Crippen molar-refractivity contribution in [1.29, 1.82) is 0 Å². The zero-order valence-electron chi connectivity index (χ0n) is 16.5. The van der Waals surface area contributed by atoms with Gasteiger partial charge >= 0.3 is 6.09 Å². The van der Waals surface area contributed by atoms with E-state index in [9.17, 15) is 13.2 Å². The van der Waals surface area contributed by atoms with E-state index >= 15 is 0 Å². The molecule has 7 nitrogen and oxygen atoms in total. The number of aromatic nitrogens is 1. The molecule has 3 aromatic rings. The van der Waals surface area contributed by atoms with Gasteiger partial charge in [-0.15, -0.1) is 0 Å². The molecule has 1 amide bonds. The second-order valence-corrected chi connectivity index (χ2v) is 8.83. The van der Waals surface area contributed by atoms with Gasteiger partial charge in [0.2, 0.25) is 10.0 Å². The number of rotatable bonds is 8. The van der Waals surface area contributed by atoms with Crippen LogP contribution < -0.4 is 4.72 Å². The maximum absolute atomic E-state index is 12.2. The molecule has 8 heteroatoms. The third-order valence-corrected chi connectivity index (χ3v) is 5.27. The molecule has 0 unspecified atom stereocenters. The van der Waals surface area contributed by atoms with Crippen LogP contribution in [0, 0.1) is 0 Å². The van der Waals surface area contributed by atoms with E-state index in [1.165, 1.54) is 0 Å². The van der Waals surface area contributed by atoms with Crippen molar-refractivity contribution in [1.82, 2.24) is 14.6 Å². The summed E-state index contributed by atoms with van der Waals surface area (Å²) in [5.41, 5.74) is 3.85. The van der Waals surface area contributed by atoms with Crippen molar-refractivity contribution in [3.8, 4) is 0 Å². The first-order valence-electron chi connectivity index (χ1n) is 9.27. The second-order valence-electron chi connectivity index (χ2n) is 7.00. The number of aromatic amines is 1. The van der Waals surface area contributed by atoms with Gasteiger partial charge in [-0.1, -0.05) is 36.4 Å². The summed E-state index contributed by atoms with van der Waals surface area (Å²) in [7, 11) is -1.53. The van der Waals surface area contributed by atoms with Gasteiger partial charge in [0.05, 0.1) is 6.26 Å². The van der Waals surface area contributed by atoms with E-state index in [-0.39, 0.29) is 19.2 Å². The monoisotopic (exact) mass is 415 g/mol. The molecule has 0 aliphatic carbocycles. The van der Waals surface area contributed by atoms with Gasteiger partial charge in [-0.05, 0) is 35.2 Å². The number of carbonyl (C=O) groups excluding carboxylic acids is 1. The molecule has 3 rings (SSSR count). The molecule has 29 heavy (non-hydrogen) atoms. The highest BCUT2D eigenvalue weighted by Crippen LogP contribution is 2.21. The fraction of sp³-hybridized carbons (Fsp3) is 0.286. The maximum Gasteiger partial charge on any atom is 0.409 e. The van der Waals surface area contributed by atoms with Crippen LogP contribution in [0.3, 0.4) is 0 Å². The Morgan fingerprint density at radius 2 is 1.90 bits per heavy atom. The van der Waals surface area contributed by atoms with E-state index in [2.05, 4.69) is 9.71 Å². The number of hydrogen-bond donors (Lipinski definition) is 2. The first-order valence-corrected chi connectivity index (χ1v) is 11.2. The quantitative estimate of drug-likeness (QED) is 0.592. The van der Waals surface area contributed by atoms with Gasteiger partial charge in [-0.2, -0.15) is 0 Å². The van der Waals surface area contributed by atoms with Crippen LogP contribution in [0.2, 0.25) is 0 Å². The molecule has 154 valence electrons. The Labute approximate surface area is 170 Å². The summed E-state index contributed by atoms with van der Waals surface area (Å²) in [5.74, 6) is 0. The average molecular weight is 416 g/mol. The summed E-state index contributed by atoms with van der Waals surface area (Å²) in [4.78, 5) is 17.0. The van der Waals surface area contributed by atoms with Crippen LogP contribution in [-0.2, 0) is 34.3 Å². The fourth-order valence-corrected chi connectivity index (χ4v) is 3.39. The zero-order valence-corrected chi connectivity index (χ0v) is 17.3. The molecule has 2 aromatic carbocycles. The van der Waals surface area contributed by atoms with Gasteiger partial charge in [0, 0.05) is 37.2 Å². The number of ether oxygens (including phenoxy) is 1. The van der Waals surface area contributed by atoms with Crippen LogP contribution in [-0.4, -0.2) is 44.2 Å². The third kappa shape index (κ3) is 6.07. The topological polar surface area (TPSA) is 91.5 Å². The highest BCUT2D eigenvalue weighted by Gasteiger charge is 2.12. The van der Waals surface area contributed by atoms with Crippen LogP contribution >= 0.6 is 0 Å². The number of carbonyl (C=O) groups is 1. The standard InChI is InChI=1S/C21H25N3O4S/c1-24(21(25)28-15-16-6-4-3-5-7-16)11-10-18-14-22-20-9-8-17(12-19(18)20)13-23-29(2,26)27/h3-9,12,14,22-23H,10-11,13,15H2,1-2H3. The van der Waals surface area contributed by atoms with Crippen molar-refractivity contribution < 1.29 is 17.9 Å². The average Bonchev–Trinajstić information content (AvgIpc) is 3.11. The molecule has 0 bridgehead atoms. The lowest BCUT2D eigenvalue weighted by atomic mass is 10.1. The molecule has 0 aliphatic rings. The molecule has 0 aliphatic heterocycles. The van der Waals surface area contributed by atoms with E-state index in [0.717, 1.165) is 33.8 Å². The number of likely N-dealkylation sites (N-methyl/N-ethyl adjacent to an activating group) is 1. The minimum atomic E-state index is -3.24. The highest BCUT2D eigenvalue weighted by molar-refractivity contribution is 7.88. The molecule has 1 heterocycles. The Morgan fingerprint density at radius 3 is 2.62 bits per heavy atom. The lowest BCUT2D eigenvalue weighted by molar-refractivity contribution is 0.105. The largest absolute Gasteiger partial charge is 0.445 e. The van der Waals surface area contributed by atoms with Crippen LogP contribution in [0.4, 0.5) is 4.79 Å². The Hall–Kier alpha value is -2.84. The van der Waals surface area contributed by atoms with Crippen LogP contribution in [0.5, 0.6) is 0 Å². The Morgan fingerprint density at radius 1 is 1.14 bits per heavy atom. The van der Waals surface area contributed by atoms with Gasteiger partial charge in [0.1, 0.15) is 6.61 Å². The van der Waals surface area contributed by atoms with Gasteiger partial charge in [0.15, 0.2) is 0 Å². The molecular weight excluding hydrogens is 390 g/mol. The second kappa shape index (κ2) is 9.11. The number of sulfonamides is 1. The first kappa shape index (κ1) is 20.9. The van der Waals surface area contributed by atoms with Gasteiger partial charge in [-0.3, -0.25) is 0 Å². The van der Waals surface area contributed by atoms with Crippen molar-refractivity contribution >= 4 is 27.0 Å². The minimum Gasteiger partial charge on any atom is -0.445 e. The highest BCUT2D eigenvalue weighted by atomic mass is 32.2. The van der Waals surface area contributed by atoms with E-state index < -0.39 is 10.0 Å². The Bertz CT molecular complexity index is 1080. The number of benzene rings is 2. The number of hydrogen-bond acceptors (Lipinski definition) is 4. The molecule has 0 atom stereocenters. The summed E-state index contributed by atoms with van der Waals surface area (Å²) in [6, 6.07) is 15.3. The van der Waals surface area contributed by atoms with Crippen LogP contribution in [0.15, 0.2) is 54.7 Å². The molecule has 0 saturated carbocycles. The molecule has 0 spiro atoms. The predicted molar refractivity (Wildman–Crippen MR) is 113 cm³/mol. The predicted octanol–water partition coefficient (Wildman–Crippen LogP) is 3.03. The molecule has 0 fully saturated rings. The molecule has 1 aromatic heterocycles. The first-order chi connectivity index (χ1) is 13.8. The Balaban J connectivity index is 1.58. The SMILES string of the molecule is CN(CCc1c[nH]c2ccc(CNS(C)(=O)=O)cc12)C(=O)OCc1ccccc1. The van der Waals surface area contributed by atoms with Crippen molar-refractivity contribution in [3.63, 3.8) is 0 Å². The van der Waals surface area contributed by atoms with Gasteiger partial charge in [0.25, 0.3) is 0 Å². The van der Waals surface area contributed by atoms with E-state index in [1.807, 2.05) is 54.7 Å². The summed E-state index contributed by atoms with van der Waals surface area (Å²) >= 11 is 0. The molecule has 0 saturated heterocycles. The molecular formula is C21H25N3O4S. The number of H-pyrrole nitrogens is 1. The summed E-state index contributed by atoms with van der Waals surface area (Å²) in [6.45, 7) is 0.991. The Kier molecular flexibility index (Phi) is 6.56. The normalized spacial score (nSPS) is 11.5. The lowest BCUT2D eigenvalue weighted by Gasteiger charge is -2.17. The molecule has 2 N–H and O–H groups in total. The zero-order chi connectivity index (χ0) is 20.9. The smallest absolute Gasteiger partial charge is 0.409 e. The van der Waals surface area contributed by atoms with Gasteiger partial charge < -0.3 is 14.6 Å². The van der Waals surface area contributed by atoms with Crippen molar-refractivity contribution in [2.24, 2.45) is 0 Å². The summed E-state index contributed by atoms with van der Waals surface area (Å²) in [6.07, 6.45) is 3.34. The van der Waals surface area contributed by atoms with Crippen molar-refractivity contribution in [3.05, 3.63) is 71.4 Å². The number of nitrogens with one attached hydrogen (secondary N) is 2. The van der Waals surface area contributed by atoms with Crippen molar-refractivity contribution in [2.45, 2.75) is 19.6 Å². The lowest BCUT2D eigenvalue weighted by Crippen LogP contribution is -2.29. The maximum atomic E-state index is 12.2. The van der Waals surface area contributed by atoms with Gasteiger partial charge in [-0.25, -0.2) is 17.9 Å². The molecule has 0 radical (unpaired) electrons. The van der Waals surface area contributed by atoms with Crippen LogP contribution in [0.25, 0.3) is 10.9 Å². The fourth-order valence-electron chi connectivity index (χ4n) is 2.97. The van der Waals surface area contributed by atoms with E-state index in [4.69, 9.17) is 4.74 Å². The van der Waals surface area contributed by atoms with E-state index in [0.29, 0.717) is 13.0 Å². The van der Waals surface area contributed by atoms with Crippen LogP contribution in [0.1, 0.15) is 16.7 Å². The number of nitrogens with zero attached hydrogens (tertiary/aromatic N) is 1. The van der Waals surface area contributed by atoms with E-state index in [1.54, 1.807) is 11.9 Å². The summed E-state index contributed by atoms with van der Waals surface area (Å²) in [5, 5.41) is 1.02.